The van der Waals surface area contributed by atoms with Crippen LogP contribution in [0.5, 0.6) is 5.75 Å². The van der Waals surface area contributed by atoms with E-state index in [9.17, 15) is 13.2 Å². The molecule has 2 aromatic carbocycles. The van der Waals surface area contributed by atoms with E-state index in [1.807, 2.05) is 0 Å². The van der Waals surface area contributed by atoms with Crippen molar-refractivity contribution >= 4 is 21.6 Å². The lowest BCUT2D eigenvalue weighted by Crippen LogP contribution is -2.17. The van der Waals surface area contributed by atoms with Gasteiger partial charge in [0.15, 0.2) is 5.78 Å². The quantitative estimate of drug-likeness (QED) is 0.368. The molecule has 0 aliphatic heterocycles. The number of carbonyl (C=O) groups is 1. The van der Waals surface area contributed by atoms with Crippen LogP contribution < -0.4 is 10.0 Å². The molecule has 24 heavy (non-hydrogen) atoms. The van der Waals surface area contributed by atoms with Crippen LogP contribution in [0.3, 0.4) is 0 Å². The predicted molar refractivity (Wildman–Crippen MR) is 86.7 cm³/mol. The van der Waals surface area contributed by atoms with Crippen LogP contribution in [0, 0.1) is 11.3 Å². The van der Waals surface area contributed by atoms with Crippen LogP contribution in [0.25, 0.3) is 0 Å². The van der Waals surface area contributed by atoms with Gasteiger partial charge < -0.3 is 10.0 Å². The summed E-state index contributed by atoms with van der Waals surface area (Å²) in [5.41, 5.74) is 0.302. The second kappa shape index (κ2) is 7.39. The van der Waals surface area contributed by atoms with Gasteiger partial charge in [0.2, 0.25) is 0 Å². The number of Topliss-reactive ketones (excluding diaryl/α,β-unsaturated/α-hetero) is 1. The maximum absolute atomic E-state index is 12.1. The first kappa shape index (κ1) is 17.2. The molecule has 0 saturated heterocycles. The molecule has 0 aliphatic rings. The lowest BCUT2D eigenvalue weighted by atomic mass is 10.0. The van der Waals surface area contributed by atoms with E-state index < -0.39 is 15.9 Å². The van der Waals surface area contributed by atoms with E-state index in [1.165, 1.54) is 36.4 Å². The van der Waals surface area contributed by atoms with Crippen LogP contribution in [0.2, 0.25) is 0 Å². The third-order valence-corrected chi connectivity index (χ3v) is 4.26. The Morgan fingerprint density at radius 2 is 1.75 bits per heavy atom. The summed E-state index contributed by atoms with van der Waals surface area (Å²) in [4.78, 5) is 11.7. The van der Waals surface area contributed by atoms with E-state index in [4.69, 9.17) is 15.3 Å². The number of hydrogen-bond donors (Lipinski definition) is 1. The minimum Gasteiger partial charge on any atom is -0.379 e. The summed E-state index contributed by atoms with van der Waals surface area (Å²) in [7, 11) is -3.94. The van der Waals surface area contributed by atoms with E-state index in [1.54, 1.807) is 24.3 Å². The van der Waals surface area contributed by atoms with Crippen LogP contribution in [0.15, 0.2) is 64.6 Å². The first-order valence-electron chi connectivity index (χ1n) is 6.76. The van der Waals surface area contributed by atoms with E-state index in [2.05, 4.69) is 5.10 Å². The second-order valence-electron chi connectivity index (χ2n) is 4.61. The summed E-state index contributed by atoms with van der Waals surface area (Å²) in [6.45, 7) is 0. The van der Waals surface area contributed by atoms with Crippen LogP contribution in [0.1, 0.15) is 12.0 Å². The fourth-order valence-electron chi connectivity index (χ4n) is 1.89. The monoisotopic (exact) mass is 343 g/mol. The lowest BCUT2D eigenvalue weighted by molar-refractivity contribution is -0.112. The zero-order valence-electron chi connectivity index (χ0n) is 12.4. The molecule has 0 saturated carbocycles. The molecule has 2 N–H and O–H groups in total. The molecule has 0 unspecified atom stereocenters. The molecule has 7 nitrogen and oxygen atoms in total. The smallest absolute Gasteiger partial charge is 0.339 e. The molecule has 8 heteroatoms. The molecule has 0 fully saturated rings. The average Bonchev–Trinajstić information content (AvgIpc) is 2.58. The Morgan fingerprint density at radius 3 is 2.29 bits per heavy atom. The minimum absolute atomic E-state index is 0.0301. The molecular formula is C16H13N3O4S. The first-order valence-corrected chi connectivity index (χ1v) is 8.17. The Hall–Kier alpha value is -3.18. The van der Waals surface area contributed by atoms with Crippen LogP contribution in [-0.2, 0) is 14.9 Å². The van der Waals surface area contributed by atoms with Crippen molar-refractivity contribution in [1.82, 2.24) is 0 Å². The maximum Gasteiger partial charge on any atom is 0.339 e. The number of ketones is 1. The number of benzene rings is 2. The van der Waals surface area contributed by atoms with Crippen LogP contribution in [-0.4, -0.2) is 19.9 Å². The maximum atomic E-state index is 12.1. The number of nitriles is 1. The molecule has 0 heterocycles. The van der Waals surface area contributed by atoms with Gasteiger partial charge in [0, 0.05) is 5.56 Å². The summed E-state index contributed by atoms with van der Waals surface area (Å²) in [6.07, 6.45) is -0.351. The average molecular weight is 343 g/mol. The third kappa shape index (κ3) is 3.97. The van der Waals surface area contributed by atoms with Gasteiger partial charge >= 0.3 is 10.1 Å². The van der Waals surface area contributed by atoms with Gasteiger partial charge in [0.1, 0.15) is 22.8 Å². The molecule has 0 radical (unpaired) electrons. The number of nitrogens with two attached hydrogens (primary N) is 1. The van der Waals surface area contributed by atoms with Gasteiger partial charge in [-0.1, -0.05) is 18.2 Å². The number of hydrazone groups is 1. The molecule has 0 atom stereocenters. The van der Waals surface area contributed by atoms with Crippen molar-refractivity contribution in [2.24, 2.45) is 10.9 Å². The normalized spacial score (nSPS) is 11.5. The highest BCUT2D eigenvalue weighted by Gasteiger charge is 2.17. The molecule has 2 aromatic rings. The van der Waals surface area contributed by atoms with Crippen LogP contribution >= 0.6 is 0 Å². The SMILES string of the molecule is N#CCC(=O)/C(=N/N)c1ccc(OS(=O)(=O)c2ccccc2)cc1. The molecule has 0 aliphatic carbocycles. The molecule has 2 rings (SSSR count). The highest BCUT2D eigenvalue weighted by Crippen LogP contribution is 2.19. The van der Waals surface area contributed by atoms with Gasteiger partial charge in [-0.3, -0.25) is 4.79 Å². The number of carbonyl (C=O) groups excluding carboxylic acids is 1. The lowest BCUT2D eigenvalue weighted by Gasteiger charge is -2.08. The summed E-state index contributed by atoms with van der Waals surface area (Å²) in [5.74, 6) is 4.74. The van der Waals surface area contributed by atoms with Crippen LogP contribution in [0.4, 0.5) is 0 Å². The Balaban J connectivity index is 2.21. The van der Waals surface area contributed by atoms with Crippen molar-refractivity contribution in [3.05, 3.63) is 60.2 Å². The fourth-order valence-corrected chi connectivity index (χ4v) is 2.84. The Morgan fingerprint density at radius 1 is 1.12 bits per heavy atom. The predicted octanol–water partition coefficient (Wildman–Crippen LogP) is 1.60. The second-order valence-corrected chi connectivity index (χ2v) is 6.16. The summed E-state index contributed by atoms with van der Waals surface area (Å²) in [6, 6.07) is 15.1. The van der Waals surface area contributed by atoms with Crippen molar-refractivity contribution in [3.63, 3.8) is 0 Å². The van der Waals surface area contributed by atoms with Gasteiger partial charge in [0.05, 0.1) is 6.07 Å². The fraction of sp³-hybridized carbons (Fsp3) is 0.0625. The van der Waals surface area contributed by atoms with E-state index in [-0.39, 0.29) is 22.8 Å². The van der Waals surface area contributed by atoms with Gasteiger partial charge in [-0.25, -0.2) is 0 Å². The highest BCUT2D eigenvalue weighted by atomic mass is 32.2. The summed E-state index contributed by atoms with van der Waals surface area (Å²) >= 11 is 0. The van der Waals surface area contributed by atoms with E-state index in [0.29, 0.717) is 5.56 Å². The largest absolute Gasteiger partial charge is 0.379 e. The Labute approximate surface area is 139 Å². The van der Waals surface area contributed by atoms with Crippen molar-refractivity contribution < 1.29 is 17.4 Å². The van der Waals surface area contributed by atoms with Crippen molar-refractivity contribution in [2.75, 3.05) is 0 Å². The summed E-state index contributed by atoms with van der Waals surface area (Å²) in [5, 5.41) is 11.9. The van der Waals surface area contributed by atoms with Crippen molar-refractivity contribution in [2.45, 2.75) is 11.3 Å². The van der Waals surface area contributed by atoms with Gasteiger partial charge in [0.25, 0.3) is 0 Å². The first-order chi connectivity index (χ1) is 11.5. The molecule has 0 bridgehead atoms. The zero-order valence-corrected chi connectivity index (χ0v) is 13.2. The highest BCUT2D eigenvalue weighted by molar-refractivity contribution is 7.87. The number of rotatable bonds is 6. The number of nitrogens with zero attached hydrogens (tertiary/aromatic N) is 2. The molecule has 0 amide bonds. The topological polar surface area (TPSA) is 123 Å². The minimum atomic E-state index is -3.94. The van der Waals surface area contributed by atoms with Crippen molar-refractivity contribution in [1.29, 1.82) is 5.26 Å². The Kier molecular flexibility index (Phi) is 5.29. The summed E-state index contributed by atoms with van der Waals surface area (Å²) < 4.78 is 29.3. The molecule has 0 spiro atoms. The zero-order chi connectivity index (χ0) is 17.6. The molecule has 0 aromatic heterocycles. The van der Waals surface area contributed by atoms with E-state index >= 15 is 0 Å². The number of hydrogen-bond acceptors (Lipinski definition) is 7. The van der Waals surface area contributed by atoms with E-state index in [0.717, 1.165) is 0 Å². The van der Waals surface area contributed by atoms with Gasteiger partial charge in [-0.05, 0) is 36.4 Å². The van der Waals surface area contributed by atoms with Gasteiger partial charge in [-0.15, -0.1) is 0 Å². The molecular weight excluding hydrogens is 330 g/mol. The standard InChI is InChI=1S/C16H13N3O4S/c17-11-10-15(20)16(19-18)12-6-8-13(9-7-12)23-24(21,22)14-4-2-1-3-5-14/h1-9H,10,18H2/b19-16+. The third-order valence-electron chi connectivity index (χ3n) is 3.00. The Bertz CT molecular complexity index is 899. The van der Waals surface area contributed by atoms with Gasteiger partial charge in [-0.2, -0.15) is 18.8 Å². The molecule has 122 valence electrons. The van der Waals surface area contributed by atoms with Crippen molar-refractivity contribution in [3.8, 4) is 11.8 Å².